The number of fused-ring (bicyclic) bond motifs is 2. The number of furan rings is 1. The summed E-state index contributed by atoms with van der Waals surface area (Å²) in [7, 11) is 4.05. The Labute approximate surface area is 233 Å². The van der Waals surface area contributed by atoms with Crippen molar-refractivity contribution >= 4 is 49.7 Å². The van der Waals surface area contributed by atoms with E-state index in [1.807, 2.05) is 63.5 Å². The SMILES string of the molecule is Cc1cc(C=Nn2c(-c3cc4cc(Br)ccc4o3)nc3ccccc3c2=O)c(C)n1-c1ccc(N(C)C)cc1. The Morgan fingerprint density at radius 1 is 0.974 bits per heavy atom. The van der Waals surface area contributed by atoms with E-state index in [0.29, 0.717) is 28.1 Å². The number of aryl methyl sites for hydroxylation is 1. The molecule has 0 amide bonds. The van der Waals surface area contributed by atoms with Crippen molar-refractivity contribution in [2.75, 3.05) is 19.0 Å². The van der Waals surface area contributed by atoms with Crippen molar-refractivity contribution in [1.29, 1.82) is 0 Å². The first-order valence-corrected chi connectivity index (χ1v) is 13.3. The standard InChI is InChI=1S/C31H26BrN5O2/c1-19-15-22(20(2)36(19)25-12-10-24(11-13-25)35(3)4)18-33-37-30(34-27-8-6-5-7-26(27)31(37)38)29-17-21-16-23(32)9-14-28(21)39-29/h5-18H,1-4H3. The van der Waals surface area contributed by atoms with Crippen LogP contribution in [0.25, 0.3) is 39.1 Å². The number of hydrogen-bond acceptors (Lipinski definition) is 5. The predicted molar refractivity (Wildman–Crippen MR) is 161 cm³/mol. The summed E-state index contributed by atoms with van der Waals surface area (Å²) in [6.45, 7) is 4.11. The van der Waals surface area contributed by atoms with Crippen LogP contribution in [0.5, 0.6) is 0 Å². The topological polar surface area (TPSA) is 68.6 Å². The molecule has 7 nitrogen and oxygen atoms in total. The zero-order valence-corrected chi connectivity index (χ0v) is 23.6. The van der Waals surface area contributed by atoms with Gasteiger partial charge in [0.15, 0.2) is 5.76 Å². The van der Waals surface area contributed by atoms with Crippen molar-refractivity contribution < 1.29 is 4.42 Å². The minimum Gasteiger partial charge on any atom is -0.453 e. The van der Waals surface area contributed by atoms with Crippen LogP contribution in [0.1, 0.15) is 17.0 Å². The van der Waals surface area contributed by atoms with Crippen LogP contribution in [-0.2, 0) is 0 Å². The fourth-order valence-corrected chi connectivity index (χ4v) is 5.23. The summed E-state index contributed by atoms with van der Waals surface area (Å²) in [5.41, 5.74) is 6.22. The molecule has 0 aliphatic rings. The van der Waals surface area contributed by atoms with Crippen LogP contribution >= 0.6 is 15.9 Å². The number of halogens is 1. The fraction of sp³-hybridized carbons (Fsp3) is 0.129. The van der Waals surface area contributed by atoms with Gasteiger partial charge in [-0.3, -0.25) is 4.79 Å². The van der Waals surface area contributed by atoms with Gasteiger partial charge in [-0.25, -0.2) is 4.98 Å². The second-order valence-electron chi connectivity index (χ2n) is 9.68. The van der Waals surface area contributed by atoms with E-state index < -0.39 is 0 Å². The number of aromatic nitrogens is 3. The molecule has 0 aliphatic heterocycles. The molecule has 0 radical (unpaired) electrons. The molecule has 3 aromatic carbocycles. The molecular formula is C31H26BrN5O2. The average molecular weight is 580 g/mol. The second kappa shape index (κ2) is 9.71. The van der Waals surface area contributed by atoms with Gasteiger partial charge in [-0.15, -0.1) is 0 Å². The molecule has 0 saturated carbocycles. The molecule has 0 unspecified atom stereocenters. The van der Waals surface area contributed by atoms with E-state index in [4.69, 9.17) is 9.40 Å². The summed E-state index contributed by atoms with van der Waals surface area (Å²) in [6, 6.07) is 25.4. The Bertz CT molecular complexity index is 1940. The second-order valence-corrected chi connectivity index (χ2v) is 10.6. The van der Waals surface area contributed by atoms with Crippen LogP contribution in [-0.4, -0.2) is 34.5 Å². The molecule has 0 saturated heterocycles. The van der Waals surface area contributed by atoms with Gasteiger partial charge in [-0.05, 0) is 80.6 Å². The molecule has 0 bridgehead atoms. The number of para-hydroxylation sites is 1. The highest BCUT2D eigenvalue weighted by atomic mass is 79.9. The van der Waals surface area contributed by atoms with E-state index in [1.54, 1.807) is 12.3 Å². The normalized spacial score (nSPS) is 11.7. The Kier molecular flexibility index (Phi) is 6.19. The molecular weight excluding hydrogens is 554 g/mol. The minimum atomic E-state index is -0.262. The number of rotatable bonds is 5. The number of hydrogen-bond donors (Lipinski definition) is 0. The van der Waals surface area contributed by atoms with E-state index in [1.165, 1.54) is 4.68 Å². The van der Waals surface area contributed by atoms with Gasteiger partial charge in [0.25, 0.3) is 5.56 Å². The lowest BCUT2D eigenvalue weighted by Crippen LogP contribution is -2.20. The van der Waals surface area contributed by atoms with E-state index in [-0.39, 0.29) is 5.56 Å². The molecule has 39 heavy (non-hydrogen) atoms. The highest BCUT2D eigenvalue weighted by molar-refractivity contribution is 9.10. The first kappa shape index (κ1) is 24.9. The monoisotopic (exact) mass is 579 g/mol. The molecule has 6 aromatic rings. The van der Waals surface area contributed by atoms with Crippen molar-refractivity contribution in [2.24, 2.45) is 5.10 Å². The summed E-state index contributed by atoms with van der Waals surface area (Å²) in [5.74, 6) is 0.810. The molecule has 3 aromatic heterocycles. The number of benzene rings is 3. The minimum absolute atomic E-state index is 0.262. The van der Waals surface area contributed by atoms with Crippen molar-refractivity contribution in [2.45, 2.75) is 13.8 Å². The molecule has 0 aliphatic carbocycles. The van der Waals surface area contributed by atoms with Crippen LogP contribution in [0.15, 0.2) is 97.6 Å². The van der Waals surface area contributed by atoms with E-state index in [0.717, 1.165) is 38.2 Å². The van der Waals surface area contributed by atoms with Gasteiger partial charge in [0.1, 0.15) is 5.58 Å². The number of nitrogens with zero attached hydrogens (tertiary/aromatic N) is 5. The molecule has 0 fully saturated rings. The summed E-state index contributed by atoms with van der Waals surface area (Å²) in [4.78, 5) is 20.5. The van der Waals surface area contributed by atoms with Crippen molar-refractivity contribution in [3.8, 4) is 17.3 Å². The van der Waals surface area contributed by atoms with Crippen LogP contribution in [0.3, 0.4) is 0 Å². The van der Waals surface area contributed by atoms with Crippen LogP contribution in [0.2, 0.25) is 0 Å². The average Bonchev–Trinajstić information content (AvgIpc) is 3.47. The lowest BCUT2D eigenvalue weighted by atomic mass is 10.2. The maximum Gasteiger partial charge on any atom is 0.282 e. The maximum atomic E-state index is 13.6. The molecule has 8 heteroatoms. The quantitative estimate of drug-likeness (QED) is 0.208. The van der Waals surface area contributed by atoms with Crippen LogP contribution in [0.4, 0.5) is 5.69 Å². The lowest BCUT2D eigenvalue weighted by molar-refractivity contribution is 0.616. The van der Waals surface area contributed by atoms with Crippen LogP contribution in [0, 0.1) is 13.8 Å². The van der Waals surface area contributed by atoms with Gasteiger partial charge in [-0.1, -0.05) is 28.1 Å². The third-order valence-electron chi connectivity index (χ3n) is 6.86. The Morgan fingerprint density at radius 2 is 1.74 bits per heavy atom. The zero-order valence-electron chi connectivity index (χ0n) is 22.0. The van der Waals surface area contributed by atoms with Crippen molar-refractivity contribution in [3.05, 3.63) is 111 Å². The number of anilines is 1. The highest BCUT2D eigenvalue weighted by Gasteiger charge is 2.17. The van der Waals surface area contributed by atoms with Gasteiger partial charge < -0.3 is 13.9 Å². The summed E-state index contributed by atoms with van der Waals surface area (Å²) < 4.78 is 10.6. The largest absolute Gasteiger partial charge is 0.453 e. The van der Waals surface area contributed by atoms with Gasteiger partial charge in [0, 0.05) is 52.3 Å². The molecule has 0 atom stereocenters. The zero-order chi connectivity index (χ0) is 27.3. The Hall–Kier alpha value is -4.43. The predicted octanol–water partition coefficient (Wildman–Crippen LogP) is 6.93. The van der Waals surface area contributed by atoms with Crippen LogP contribution < -0.4 is 10.5 Å². The third kappa shape index (κ3) is 4.46. The summed E-state index contributed by atoms with van der Waals surface area (Å²) >= 11 is 3.51. The van der Waals surface area contributed by atoms with Crippen molar-refractivity contribution in [1.82, 2.24) is 14.2 Å². The van der Waals surface area contributed by atoms with Crippen molar-refractivity contribution in [3.63, 3.8) is 0 Å². The molecule has 0 N–H and O–H groups in total. The fourth-order valence-electron chi connectivity index (χ4n) is 4.85. The molecule has 194 valence electrons. The molecule has 3 heterocycles. The first-order valence-electron chi connectivity index (χ1n) is 12.5. The molecule has 6 rings (SSSR count). The first-order chi connectivity index (χ1) is 18.8. The third-order valence-corrected chi connectivity index (χ3v) is 7.35. The molecule has 0 spiro atoms. The summed E-state index contributed by atoms with van der Waals surface area (Å²) in [6.07, 6.45) is 1.72. The summed E-state index contributed by atoms with van der Waals surface area (Å²) in [5, 5.41) is 6.06. The van der Waals surface area contributed by atoms with Gasteiger partial charge >= 0.3 is 0 Å². The lowest BCUT2D eigenvalue weighted by Gasteiger charge is -2.14. The highest BCUT2D eigenvalue weighted by Crippen LogP contribution is 2.29. The van der Waals surface area contributed by atoms with Gasteiger partial charge in [0.05, 0.1) is 17.1 Å². The van der Waals surface area contributed by atoms with Gasteiger partial charge in [0.2, 0.25) is 5.82 Å². The maximum absolute atomic E-state index is 13.6. The van der Waals surface area contributed by atoms with E-state index in [2.05, 4.69) is 67.8 Å². The van der Waals surface area contributed by atoms with Gasteiger partial charge in [-0.2, -0.15) is 9.78 Å². The van der Waals surface area contributed by atoms with E-state index in [9.17, 15) is 4.79 Å². The Morgan fingerprint density at radius 3 is 2.51 bits per heavy atom. The smallest absolute Gasteiger partial charge is 0.282 e. The van der Waals surface area contributed by atoms with E-state index >= 15 is 0 Å². The Balaban J connectivity index is 1.47.